The van der Waals surface area contributed by atoms with Gasteiger partial charge in [-0.15, -0.1) is 0 Å². The van der Waals surface area contributed by atoms with Gasteiger partial charge in [-0.1, -0.05) is 6.42 Å². The number of nitrogens with zero attached hydrogens (tertiary/aromatic N) is 1. The monoisotopic (exact) mass is 163 g/mol. The molecule has 1 saturated heterocycles. The van der Waals surface area contributed by atoms with E-state index in [9.17, 15) is 8.78 Å². The van der Waals surface area contributed by atoms with Crippen LogP contribution in [0, 0.1) is 0 Å². The third-order valence-electron chi connectivity index (χ3n) is 2.77. The molecule has 0 aliphatic carbocycles. The second-order valence-electron chi connectivity index (χ2n) is 3.54. The molecule has 1 unspecified atom stereocenters. The maximum absolute atomic E-state index is 12.5. The van der Waals surface area contributed by atoms with E-state index in [1.165, 1.54) is 0 Å². The quantitative estimate of drug-likeness (QED) is 0.572. The van der Waals surface area contributed by atoms with Gasteiger partial charge in [0.1, 0.15) is 0 Å². The summed E-state index contributed by atoms with van der Waals surface area (Å²) in [6, 6.07) is 0. The van der Waals surface area contributed by atoms with Crippen molar-refractivity contribution in [3.05, 3.63) is 0 Å². The molecule has 11 heavy (non-hydrogen) atoms. The highest BCUT2D eigenvalue weighted by molar-refractivity contribution is 4.89. The van der Waals surface area contributed by atoms with Crippen LogP contribution in [0.4, 0.5) is 8.78 Å². The highest BCUT2D eigenvalue weighted by Gasteiger charge is 2.40. The summed E-state index contributed by atoms with van der Waals surface area (Å²) in [5.41, 5.74) is -0.863. The van der Waals surface area contributed by atoms with Gasteiger partial charge in [-0.2, -0.15) is 0 Å². The molecular weight excluding hydrogens is 148 g/mol. The average molecular weight is 163 g/mol. The van der Waals surface area contributed by atoms with Crippen molar-refractivity contribution in [2.45, 2.75) is 38.2 Å². The number of hydrogen-bond donors (Lipinski definition) is 0. The minimum Gasteiger partial charge on any atom is -0.296 e. The van der Waals surface area contributed by atoms with E-state index in [2.05, 4.69) is 0 Å². The summed E-state index contributed by atoms with van der Waals surface area (Å²) in [4.78, 5) is 1.78. The number of piperidine rings is 1. The number of alkyl halides is 2. The third-order valence-corrected chi connectivity index (χ3v) is 2.77. The largest absolute Gasteiger partial charge is 0.296 e. The SMILES string of the molecule is CN1CCCCC1(C)C(F)F. The standard InChI is InChI=1S/C8H15F2N/c1-8(7(9)10)5-3-4-6-11(8)2/h7H,3-6H2,1-2H3. The van der Waals surface area contributed by atoms with Crippen LogP contribution in [-0.2, 0) is 0 Å². The van der Waals surface area contributed by atoms with Crippen molar-refractivity contribution in [2.24, 2.45) is 0 Å². The minimum atomic E-state index is -2.22. The van der Waals surface area contributed by atoms with Gasteiger partial charge in [-0.05, 0) is 33.4 Å². The summed E-state index contributed by atoms with van der Waals surface area (Å²) in [5, 5.41) is 0. The molecule has 0 amide bonds. The van der Waals surface area contributed by atoms with Crippen LogP contribution in [-0.4, -0.2) is 30.5 Å². The molecule has 1 aliphatic rings. The van der Waals surface area contributed by atoms with Crippen molar-refractivity contribution in [3.8, 4) is 0 Å². The number of hydrogen-bond acceptors (Lipinski definition) is 1. The first kappa shape index (κ1) is 8.91. The van der Waals surface area contributed by atoms with E-state index < -0.39 is 12.0 Å². The van der Waals surface area contributed by atoms with Gasteiger partial charge in [-0.25, -0.2) is 8.78 Å². The molecule has 0 spiro atoms. The van der Waals surface area contributed by atoms with E-state index in [1.807, 2.05) is 0 Å². The first-order chi connectivity index (χ1) is 5.07. The zero-order valence-corrected chi connectivity index (χ0v) is 7.11. The van der Waals surface area contributed by atoms with Crippen LogP contribution in [0.2, 0.25) is 0 Å². The maximum atomic E-state index is 12.5. The van der Waals surface area contributed by atoms with Crippen molar-refractivity contribution in [1.29, 1.82) is 0 Å². The van der Waals surface area contributed by atoms with Gasteiger partial charge < -0.3 is 0 Å². The predicted molar refractivity (Wildman–Crippen MR) is 40.9 cm³/mol. The van der Waals surface area contributed by atoms with Gasteiger partial charge in [-0.3, -0.25) is 4.90 Å². The van der Waals surface area contributed by atoms with Crippen molar-refractivity contribution >= 4 is 0 Å². The lowest BCUT2D eigenvalue weighted by molar-refractivity contribution is -0.0522. The smallest absolute Gasteiger partial charge is 0.256 e. The van der Waals surface area contributed by atoms with Gasteiger partial charge in [0.15, 0.2) is 0 Å². The van der Waals surface area contributed by atoms with Crippen LogP contribution in [0.15, 0.2) is 0 Å². The minimum absolute atomic E-state index is 0.626. The Morgan fingerprint density at radius 2 is 2.00 bits per heavy atom. The molecule has 1 aliphatic heterocycles. The second-order valence-corrected chi connectivity index (χ2v) is 3.54. The summed E-state index contributed by atoms with van der Waals surface area (Å²) < 4.78 is 25.0. The third kappa shape index (κ3) is 1.53. The van der Waals surface area contributed by atoms with Gasteiger partial charge >= 0.3 is 0 Å². The lowest BCUT2D eigenvalue weighted by atomic mass is 9.89. The summed E-state index contributed by atoms with van der Waals surface area (Å²) in [6.07, 6.45) is 0.401. The van der Waals surface area contributed by atoms with Crippen molar-refractivity contribution in [3.63, 3.8) is 0 Å². The van der Waals surface area contributed by atoms with Crippen LogP contribution < -0.4 is 0 Å². The van der Waals surface area contributed by atoms with Crippen LogP contribution >= 0.6 is 0 Å². The molecule has 0 bridgehead atoms. The summed E-state index contributed by atoms with van der Waals surface area (Å²) >= 11 is 0. The number of halogens is 2. The summed E-state index contributed by atoms with van der Waals surface area (Å²) in [7, 11) is 1.78. The Hall–Kier alpha value is -0.180. The highest BCUT2D eigenvalue weighted by Crippen LogP contribution is 2.31. The number of rotatable bonds is 1. The van der Waals surface area contributed by atoms with E-state index in [4.69, 9.17) is 0 Å². The Morgan fingerprint density at radius 3 is 2.36 bits per heavy atom. The fourth-order valence-electron chi connectivity index (χ4n) is 1.55. The second kappa shape index (κ2) is 3.05. The zero-order chi connectivity index (χ0) is 8.48. The Morgan fingerprint density at radius 1 is 1.36 bits per heavy atom. The van der Waals surface area contributed by atoms with E-state index in [1.54, 1.807) is 18.9 Å². The average Bonchev–Trinajstić information content (AvgIpc) is 1.95. The van der Waals surface area contributed by atoms with Gasteiger partial charge in [0, 0.05) is 0 Å². The lowest BCUT2D eigenvalue weighted by Crippen LogP contribution is -2.52. The maximum Gasteiger partial charge on any atom is 0.256 e. The molecular formula is C8H15F2N. The molecule has 1 fully saturated rings. The van der Waals surface area contributed by atoms with Crippen LogP contribution in [0.25, 0.3) is 0 Å². The molecule has 0 aromatic heterocycles. The summed E-state index contributed by atoms with van der Waals surface area (Å²) in [6.45, 7) is 2.46. The van der Waals surface area contributed by atoms with Gasteiger partial charge in [0.2, 0.25) is 0 Å². The molecule has 1 atom stereocenters. The van der Waals surface area contributed by atoms with Gasteiger partial charge in [0.05, 0.1) is 5.54 Å². The molecule has 1 nitrogen and oxygen atoms in total. The molecule has 0 saturated carbocycles. The highest BCUT2D eigenvalue weighted by atomic mass is 19.3. The lowest BCUT2D eigenvalue weighted by Gasteiger charge is -2.41. The first-order valence-electron chi connectivity index (χ1n) is 4.07. The van der Waals surface area contributed by atoms with Crippen LogP contribution in [0.5, 0.6) is 0 Å². The van der Waals surface area contributed by atoms with Crippen molar-refractivity contribution < 1.29 is 8.78 Å². The normalized spacial score (nSPS) is 34.6. The Balaban J connectivity index is 2.64. The van der Waals surface area contributed by atoms with Crippen molar-refractivity contribution in [1.82, 2.24) is 4.90 Å². The van der Waals surface area contributed by atoms with Crippen molar-refractivity contribution in [2.75, 3.05) is 13.6 Å². The number of likely N-dealkylation sites (tertiary alicyclic amines) is 1. The van der Waals surface area contributed by atoms with Gasteiger partial charge in [0.25, 0.3) is 6.43 Å². The molecule has 0 aromatic carbocycles. The van der Waals surface area contributed by atoms with E-state index in [-0.39, 0.29) is 0 Å². The Bertz CT molecular complexity index is 138. The molecule has 0 aromatic rings. The predicted octanol–water partition coefficient (Wildman–Crippen LogP) is 2.13. The van der Waals surface area contributed by atoms with Crippen LogP contribution in [0.3, 0.4) is 0 Å². The van der Waals surface area contributed by atoms with Crippen LogP contribution in [0.1, 0.15) is 26.2 Å². The zero-order valence-electron chi connectivity index (χ0n) is 7.11. The van der Waals surface area contributed by atoms with E-state index in [0.29, 0.717) is 6.42 Å². The fourth-order valence-corrected chi connectivity index (χ4v) is 1.55. The van der Waals surface area contributed by atoms with E-state index >= 15 is 0 Å². The Labute approximate surface area is 66.4 Å². The molecule has 0 radical (unpaired) electrons. The fraction of sp³-hybridized carbons (Fsp3) is 1.00. The molecule has 3 heteroatoms. The Kier molecular flexibility index (Phi) is 2.47. The van der Waals surface area contributed by atoms with E-state index in [0.717, 1.165) is 19.4 Å². The molecule has 1 rings (SSSR count). The molecule has 66 valence electrons. The molecule has 0 N–H and O–H groups in total. The first-order valence-corrected chi connectivity index (χ1v) is 4.07. The molecule has 1 heterocycles. The summed E-state index contributed by atoms with van der Waals surface area (Å²) in [5.74, 6) is 0. The topological polar surface area (TPSA) is 3.24 Å².